The van der Waals surface area contributed by atoms with Gasteiger partial charge in [-0.1, -0.05) is 19.3 Å². The van der Waals surface area contributed by atoms with Crippen LogP contribution in [0.25, 0.3) is 0 Å². The van der Waals surface area contributed by atoms with E-state index in [1.807, 2.05) is 0 Å². The standard InChI is InChI=1S/C7H12O3.Na/c8-7(9)10-6-4-2-1-3-5-6;/h6H,1-5H2,(H,8,9);/q;+1/p-1. The molecular weight excluding hydrogens is 155 g/mol. The van der Waals surface area contributed by atoms with E-state index in [0.717, 1.165) is 25.7 Å². The van der Waals surface area contributed by atoms with Gasteiger partial charge < -0.3 is 14.6 Å². The van der Waals surface area contributed by atoms with Gasteiger partial charge in [-0.3, -0.25) is 0 Å². The van der Waals surface area contributed by atoms with Crippen LogP contribution in [-0.4, -0.2) is 12.3 Å². The molecule has 0 bridgehead atoms. The number of ether oxygens (including phenoxy) is 1. The molecule has 3 nitrogen and oxygen atoms in total. The molecule has 4 heteroatoms. The normalized spacial score (nSPS) is 18.5. The molecule has 0 heterocycles. The van der Waals surface area contributed by atoms with Crippen LogP contribution in [0.3, 0.4) is 0 Å². The molecule has 0 N–H and O–H groups in total. The van der Waals surface area contributed by atoms with Crippen molar-refractivity contribution in [3.05, 3.63) is 0 Å². The summed E-state index contributed by atoms with van der Waals surface area (Å²) in [5.74, 6) is 0. The van der Waals surface area contributed by atoms with Crippen molar-refractivity contribution in [2.24, 2.45) is 0 Å². The second-order valence-electron chi connectivity index (χ2n) is 2.63. The van der Waals surface area contributed by atoms with Gasteiger partial charge in [0.15, 0.2) is 0 Å². The Labute approximate surface area is 88.4 Å². The number of hydrogen-bond acceptors (Lipinski definition) is 3. The molecule has 0 amide bonds. The zero-order valence-corrected chi connectivity index (χ0v) is 8.84. The Morgan fingerprint density at radius 1 is 1.27 bits per heavy atom. The molecule has 1 fully saturated rings. The molecule has 1 aliphatic rings. The zero-order chi connectivity index (χ0) is 7.40. The summed E-state index contributed by atoms with van der Waals surface area (Å²) in [6, 6.07) is 0. The van der Waals surface area contributed by atoms with Gasteiger partial charge in [-0.15, -0.1) is 0 Å². The van der Waals surface area contributed by atoms with Crippen molar-refractivity contribution in [3.63, 3.8) is 0 Å². The molecular formula is C7H11NaO3. The first-order chi connectivity index (χ1) is 4.79. The van der Waals surface area contributed by atoms with Crippen LogP contribution >= 0.6 is 0 Å². The maximum Gasteiger partial charge on any atom is 1.00 e. The second kappa shape index (κ2) is 5.86. The summed E-state index contributed by atoms with van der Waals surface area (Å²) in [5, 5.41) is 9.93. The first-order valence-corrected chi connectivity index (χ1v) is 3.66. The third-order valence-electron chi connectivity index (χ3n) is 1.82. The van der Waals surface area contributed by atoms with Crippen molar-refractivity contribution >= 4 is 6.16 Å². The third kappa shape index (κ3) is 4.67. The molecule has 1 saturated carbocycles. The molecule has 1 aliphatic carbocycles. The van der Waals surface area contributed by atoms with Gasteiger partial charge in [0, 0.05) is 6.10 Å². The minimum Gasteiger partial charge on any atom is -0.546 e. The van der Waals surface area contributed by atoms with E-state index in [2.05, 4.69) is 4.74 Å². The van der Waals surface area contributed by atoms with Gasteiger partial charge in [-0.2, -0.15) is 0 Å². The van der Waals surface area contributed by atoms with Gasteiger partial charge in [-0.05, 0) is 12.8 Å². The van der Waals surface area contributed by atoms with Crippen molar-refractivity contribution < 1.29 is 44.2 Å². The van der Waals surface area contributed by atoms with Crippen molar-refractivity contribution in [3.8, 4) is 0 Å². The zero-order valence-electron chi connectivity index (χ0n) is 6.84. The molecule has 11 heavy (non-hydrogen) atoms. The van der Waals surface area contributed by atoms with Crippen LogP contribution in [0.15, 0.2) is 0 Å². The molecule has 0 atom stereocenters. The smallest absolute Gasteiger partial charge is 0.546 e. The summed E-state index contributed by atoms with van der Waals surface area (Å²) in [4.78, 5) is 9.93. The van der Waals surface area contributed by atoms with Gasteiger partial charge in [0.1, 0.15) is 0 Å². The predicted molar refractivity (Wildman–Crippen MR) is 33.4 cm³/mol. The van der Waals surface area contributed by atoms with Crippen LogP contribution < -0.4 is 34.7 Å². The average molecular weight is 166 g/mol. The molecule has 58 valence electrons. The van der Waals surface area contributed by atoms with Crippen LogP contribution in [0.1, 0.15) is 32.1 Å². The summed E-state index contributed by atoms with van der Waals surface area (Å²) in [7, 11) is 0. The fraction of sp³-hybridized carbons (Fsp3) is 0.857. The van der Waals surface area contributed by atoms with Crippen molar-refractivity contribution in [1.82, 2.24) is 0 Å². The Morgan fingerprint density at radius 2 is 1.82 bits per heavy atom. The van der Waals surface area contributed by atoms with E-state index in [-0.39, 0.29) is 35.7 Å². The van der Waals surface area contributed by atoms with Crippen molar-refractivity contribution in [1.29, 1.82) is 0 Å². The van der Waals surface area contributed by atoms with E-state index in [1.165, 1.54) is 6.42 Å². The molecule has 0 aromatic rings. The van der Waals surface area contributed by atoms with Crippen molar-refractivity contribution in [2.45, 2.75) is 38.2 Å². The van der Waals surface area contributed by atoms with Gasteiger partial charge in [0.2, 0.25) is 0 Å². The summed E-state index contributed by atoms with van der Waals surface area (Å²) in [6.07, 6.45) is 3.63. The van der Waals surface area contributed by atoms with E-state index in [0.29, 0.717) is 0 Å². The first-order valence-electron chi connectivity index (χ1n) is 3.66. The van der Waals surface area contributed by atoms with E-state index in [4.69, 9.17) is 0 Å². The van der Waals surface area contributed by atoms with E-state index >= 15 is 0 Å². The van der Waals surface area contributed by atoms with Gasteiger partial charge in [0.05, 0.1) is 0 Å². The maximum absolute atomic E-state index is 9.93. The Kier molecular flexibility index (Phi) is 6.01. The Morgan fingerprint density at radius 3 is 2.27 bits per heavy atom. The summed E-state index contributed by atoms with van der Waals surface area (Å²) in [6.45, 7) is 0. The number of rotatable bonds is 1. The van der Waals surface area contributed by atoms with E-state index in [9.17, 15) is 9.90 Å². The Hall–Kier alpha value is 0.270. The van der Waals surface area contributed by atoms with Crippen molar-refractivity contribution in [2.75, 3.05) is 0 Å². The first kappa shape index (κ1) is 11.3. The molecule has 0 radical (unpaired) electrons. The average Bonchev–Trinajstić information content (AvgIpc) is 1.88. The van der Waals surface area contributed by atoms with Crippen LogP contribution in [0, 0.1) is 0 Å². The van der Waals surface area contributed by atoms with Crippen LogP contribution in [0.4, 0.5) is 4.79 Å². The minimum absolute atomic E-state index is 0. The van der Waals surface area contributed by atoms with Crippen LogP contribution in [0.2, 0.25) is 0 Å². The summed E-state index contributed by atoms with van der Waals surface area (Å²) >= 11 is 0. The molecule has 0 aliphatic heterocycles. The predicted octanol–water partition coefficient (Wildman–Crippen LogP) is -2.32. The quantitative estimate of drug-likeness (QED) is 0.324. The van der Waals surface area contributed by atoms with E-state index in [1.54, 1.807) is 0 Å². The van der Waals surface area contributed by atoms with Crippen LogP contribution in [0.5, 0.6) is 0 Å². The second-order valence-corrected chi connectivity index (χ2v) is 2.63. The number of hydrogen-bond donors (Lipinski definition) is 0. The number of carbonyl (C=O) groups excluding carboxylic acids is 1. The summed E-state index contributed by atoms with van der Waals surface area (Å²) < 4.78 is 4.50. The molecule has 0 unspecified atom stereocenters. The minimum atomic E-state index is -1.38. The third-order valence-corrected chi connectivity index (χ3v) is 1.82. The maximum atomic E-state index is 9.93. The molecule has 0 spiro atoms. The molecule has 0 aromatic carbocycles. The van der Waals surface area contributed by atoms with Crippen LogP contribution in [-0.2, 0) is 4.74 Å². The van der Waals surface area contributed by atoms with Gasteiger partial charge >= 0.3 is 29.6 Å². The monoisotopic (exact) mass is 166 g/mol. The Balaban J connectivity index is 0.000001000. The largest absolute Gasteiger partial charge is 1.00 e. The van der Waals surface area contributed by atoms with Gasteiger partial charge in [-0.25, -0.2) is 0 Å². The van der Waals surface area contributed by atoms with Gasteiger partial charge in [0.25, 0.3) is 6.16 Å². The SMILES string of the molecule is O=C([O-])OC1CCCCC1.[Na+]. The fourth-order valence-electron chi connectivity index (χ4n) is 1.32. The van der Waals surface area contributed by atoms with E-state index < -0.39 is 6.16 Å². The Bertz CT molecular complexity index is 121. The number of carboxylic acid groups (broad SMARTS) is 1. The number of carbonyl (C=O) groups is 1. The molecule has 1 rings (SSSR count). The fourth-order valence-corrected chi connectivity index (χ4v) is 1.32. The molecule has 0 aromatic heterocycles. The topological polar surface area (TPSA) is 49.4 Å². The summed E-state index contributed by atoms with van der Waals surface area (Å²) in [5.41, 5.74) is 0. The molecule has 0 saturated heterocycles.